The van der Waals surface area contributed by atoms with E-state index in [1.807, 2.05) is 13.8 Å². The van der Waals surface area contributed by atoms with Gasteiger partial charge in [0, 0.05) is 12.6 Å². The van der Waals surface area contributed by atoms with Gasteiger partial charge in [0.1, 0.15) is 0 Å². The van der Waals surface area contributed by atoms with E-state index in [2.05, 4.69) is 39.3 Å². The van der Waals surface area contributed by atoms with Crippen LogP contribution >= 0.6 is 0 Å². The van der Waals surface area contributed by atoms with E-state index in [-0.39, 0.29) is 0 Å². The molecule has 1 heteroatoms. The van der Waals surface area contributed by atoms with Gasteiger partial charge >= 0.3 is 0 Å². The molecule has 0 N–H and O–H groups in total. The third-order valence-electron chi connectivity index (χ3n) is 2.93. The zero-order chi connectivity index (χ0) is 11.3. The lowest BCUT2D eigenvalue weighted by molar-refractivity contribution is 0.327. The Labute approximate surface area is 90.2 Å². The van der Waals surface area contributed by atoms with Crippen LogP contribution in [0.3, 0.4) is 0 Å². The summed E-state index contributed by atoms with van der Waals surface area (Å²) in [5, 5.41) is 0. The van der Waals surface area contributed by atoms with Crippen molar-refractivity contribution in [3.63, 3.8) is 0 Å². The highest BCUT2D eigenvalue weighted by molar-refractivity contribution is 5.11. The van der Waals surface area contributed by atoms with Gasteiger partial charge in [-0.15, -0.1) is 0 Å². The minimum absolute atomic E-state index is 0.628. The number of likely N-dealkylation sites (tertiary alicyclic amines) is 1. The van der Waals surface area contributed by atoms with Crippen molar-refractivity contribution >= 4 is 0 Å². The Morgan fingerprint density at radius 3 is 2.14 bits per heavy atom. The van der Waals surface area contributed by atoms with E-state index in [1.165, 1.54) is 18.5 Å². The maximum absolute atomic E-state index is 4.18. The summed E-state index contributed by atoms with van der Waals surface area (Å²) in [5.74, 6) is 1.47. The molecule has 0 saturated carbocycles. The van der Waals surface area contributed by atoms with Gasteiger partial charge in [0.05, 0.1) is 0 Å². The zero-order valence-electron chi connectivity index (χ0n) is 10.8. The van der Waals surface area contributed by atoms with Gasteiger partial charge in [0.15, 0.2) is 0 Å². The van der Waals surface area contributed by atoms with Crippen molar-refractivity contribution in [1.29, 1.82) is 0 Å². The van der Waals surface area contributed by atoms with E-state index in [4.69, 9.17) is 0 Å². The lowest BCUT2D eigenvalue weighted by Crippen LogP contribution is -2.28. The molecular formula is C13H27N. The molecule has 0 unspecified atom stereocenters. The van der Waals surface area contributed by atoms with Crippen LogP contribution in [0.2, 0.25) is 0 Å². The highest BCUT2D eigenvalue weighted by Gasteiger charge is 2.29. The number of hydrogen-bond donors (Lipinski definition) is 0. The number of likely N-dealkylation sites (N-methyl/N-ethyl adjacent to an activating group) is 1. The molecule has 0 bridgehead atoms. The van der Waals surface area contributed by atoms with Gasteiger partial charge in [-0.25, -0.2) is 0 Å². The van der Waals surface area contributed by atoms with Gasteiger partial charge in [-0.05, 0) is 25.3 Å². The molecule has 0 aromatic heterocycles. The van der Waals surface area contributed by atoms with Crippen LogP contribution in [0.4, 0.5) is 0 Å². The zero-order valence-corrected chi connectivity index (χ0v) is 10.8. The molecule has 1 heterocycles. The summed E-state index contributed by atoms with van der Waals surface area (Å²) < 4.78 is 0. The first-order valence-electron chi connectivity index (χ1n) is 5.91. The van der Waals surface area contributed by atoms with Crippen molar-refractivity contribution in [3.8, 4) is 0 Å². The first-order chi connectivity index (χ1) is 6.52. The summed E-state index contributed by atoms with van der Waals surface area (Å²) in [6, 6.07) is 0.639. The fraction of sp³-hybridized carbons (Fsp3) is 0.846. The van der Waals surface area contributed by atoms with Crippen LogP contribution in [0.1, 0.15) is 41.0 Å². The number of hydrogen-bond acceptors (Lipinski definition) is 1. The van der Waals surface area contributed by atoms with Crippen molar-refractivity contribution in [1.82, 2.24) is 4.90 Å². The topological polar surface area (TPSA) is 3.24 Å². The van der Waals surface area contributed by atoms with Gasteiger partial charge in [-0.2, -0.15) is 0 Å². The molecule has 0 aromatic carbocycles. The summed E-state index contributed by atoms with van der Waals surface area (Å²) in [4.78, 5) is 2.44. The quantitative estimate of drug-likeness (QED) is 0.612. The van der Waals surface area contributed by atoms with E-state index in [0.717, 1.165) is 5.92 Å². The molecule has 2 atom stereocenters. The van der Waals surface area contributed by atoms with Crippen molar-refractivity contribution in [2.75, 3.05) is 13.6 Å². The van der Waals surface area contributed by atoms with Crippen LogP contribution in [0.5, 0.6) is 0 Å². The summed E-state index contributed by atoms with van der Waals surface area (Å²) in [7, 11) is 2.21. The normalized spacial score (nSPS) is 27.4. The SMILES string of the molecule is C=C(C(C)C)[C@@H]1C[C@@H](C)CN1C.CC. The lowest BCUT2D eigenvalue weighted by atomic mass is 9.94. The Bertz CT molecular complexity index is 172. The Kier molecular flexibility index (Phi) is 6.10. The molecule has 1 saturated heterocycles. The molecule has 1 fully saturated rings. The second kappa shape index (κ2) is 6.23. The number of nitrogens with zero attached hydrogens (tertiary/aromatic N) is 1. The predicted molar refractivity (Wildman–Crippen MR) is 65.5 cm³/mol. The van der Waals surface area contributed by atoms with E-state index >= 15 is 0 Å². The van der Waals surface area contributed by atoms with Crippen molar-refractivity contribution in [2.24, 2.45) is 11.8 Å². The third kappa shape index (κ3) is 3.45. The van der Waals surface area contributed by atoms with Gasteiger partial charge in [-0.3, -0.25) is 4.90 Å². The first-order valence-corrected chi connectivity index (χ1v) is 5.91. The van der Waals surface area contributed by atoms with E-state index in [9.17, 15) is 0 Å². The van der Waals surface area contributed by atoms with Gasteiger partial charge in [-0.1, -0.05) is 46.8 Å². The second-order valence-corrected chi connectivity index (χ2v) is 4.53. The molecule has 1 rings (SSSR count). The van der Waals surface area contributed by atoms with E-state index in [1.54, 1.807) is 0 Å². The molecular weight excluding hydrogens is 170 g/mol. The van der Waals surface area contributed by atoms with Gasteiger partial charge < -0.3 is 0 Å². The maximum atomic E-state index is 4.18. The second-order valence-electron chi connectivity index (χ2n) is 4.53. The largest absolute Gasteiger partial charge is 0.299 e. The van der Waals surface area contributed by atoms with E-state index in [0.29, 0.717) is 12.0 Å². The molecule has 14 heavy (non-hydrogen) atoms. The standard InChI is InChI=1S/C11H21N.C2H6/c1-8(2)10(4)11-6-9(3)7-12(11)5;1-2/h8-9,11H,4,6-7H2,1-3,5H3;1-2H3/t9-,11+;/m1./s1. The molecule has 84 valence electrons. The van der Waals surface area contributed by atoms with Crippen LogP contribution < -0.4 is 0 Å². The summed E-state index contributed by atoms with van der Waals surface area (Å²) in [5.41, 5.74) is 1.40. The summed E-state index contributed by atoms with van der Waals surface area (Å²) in [6.45, 7) is 16.2. The minimum Gasteiger partial charge on any atom is -0.299 e. The molecule has 0 aromatic rings. The highest BCUT2D eigenvalue weighted by atomic mass is 15.2. The lowest BCUT2D eigenvalue weighted by Gasteiger charge is -2.24. The molecule has 0 spiro atoms. The first kappa shape index (κ1) is 13.7. The van der Waals surface area contributed by atoms with Crippen LogP contribution in [0.25, 0.3) is 0 Å². The van der Waals surface area contributed by atoms with Crippen molar-refractivity contribution in [3.05, 3.63) is 12.2 Å². The molecule has 1 aliphatic rings. The van der Waals surface area contributed by atoms with Crippen molar-refractivity contribution < 1.29 is 0 Å². The van der Waals surface area contributed by atoms with Gasteiger partial charge in [0.25, 0.3) is 0 Å². The van der Waals surface area contributed by atoms with Crippen LogP contribution in [-0.4, -0.2) is 24.5 Å². The van der Waals surface area contributed by atoms with E-state index < -0.39 is 0 Å². The van der Waals surface area contributed by atoms with Crippen molar-refractivity contribution in [2.45, 2.75) is 47.1 Å². The highest BCUT2D eigenvalue weighted by Crippen LogP contribution is 2.28. The fourth-order valence-electron chi connectivity index (χ4n) is 2.07. The molecule has 0 amide bonds. The molecule has 0 radical (unpaired) electrons. The van der Waals surface area contributed by atoms with Crippen LogP contribution in [-0.2, 0) is 0 Å². The fourth-order valence-corrected chi connectivity index (χ4v) is 2.07. The Hall–Kier alpha value is -0.300. The Morgan fingerprint density at radius 1 is 1.36 bits per heavy atom. The van der Waals surface area contributed by atoms with Crippen LogP contribution in [0.15, 0.2) is 12.2 Å². The van der Waals surface area contributed by atoms with Gasteiger partial charge in [0.2, 0.25) is 0 Å². The smallest absolute Gasteiger partial charge is 0.0307 e. The summed E-state index contributed by atoms with van der Waals surface area (Å²) >= 11 is 0. The van der Waals surface area contributed by atoms with Crippen LogP contribution in [0, 0.1) is 11.8 Å². The summed E-state index contributed by atoms with van der Waals surface area (Å²) in [6.07, 6.45) is 1.30. The third-order valence-corrected chi connectivity index (χ3v) is 2.93. The minimum atomic E-state index is 0.628. The Balaban J connectivity index is 0.000000791. The molecule has 0 aliphatic carbocycles. The average Bonchev–Trinajstić information content (AvgIpc) is 2.47. The molecule has 1 aliphatic heterocycles. The predicted octanol–water partition coefficient (Wildman–Crippen LogP) is 3.57. The Morgan fingerprint density at radius 2 is 1.86 bits per heavy atom. The maximum Gasteiger partial charge on any atom is 0.0307 e. The number of rotatable bonds is 2. The average molecular weight is 197 g/mol. The molecule has 1 nitrogen and oxygen atoms in total. The monoisotopic (exact) mass is 197 g/mol.